The average molecular weight is 254 g/mol. The lowest BCUT2D eigenvalue weighted by molar-refractivity contribution is 0.654. The minimum Gasteiger partial charge on any atom is -0.436 e. The number of halogens is 1. The average Bonchev–Trinajstić information content (AvgIpc) is 2.79. The summed E-state index contributed by atoms with van der Waals surface area (Å²) in [7, 11) is 0. The van der Waals surface area contributed by atoms with E-state index in [1.54, 1.807) is 6.20 Å². The summed E-state index contributed by atoms with van der Waals surface area (Å²) < 4.78 is 5.75. The van der Waals surface area contributed by atoms with Gasteiger partial charge in [-0.3, -0.25) is 0 Å². The number of nitrogens with zero attached hydrogens (tertiary/aromatic N) is 1. The molecule has 0 aliphatic carbocycles. The van der Waals surface area contributed by atoms with Crippen LogP contribution in [0.2, 0.25) is 5.02 Å². The molecule has 2 aromatic carbocycles. The van der Waals surface area contributed by atoms with Gasteiger partial charge in [-0.25, -0.2) is 4.98 Å². The maximum absolute atomic E-state index is 6.42. The van der Waals surface area contributed by atoms with Gasteiger partial charge in [0.15, 0.2) is 5.58 Å². The number of aromatic nitrogens is 1. The fourth-order valence-corrected chi connectivity index (χ4v) is 2.67. The summed E-state index contributed by atoms with van der Waals surface area (Å²) >= 11 is 6.42. The van der Waals surface area contributed by atoms with Gasteiger partial charge in [-0.15, -0.1) is 0 Å². The molecule has 0 saturated heterocycles. The van der Waals surface area contributed by atoms with Crippen molar-refractivity contribution in [1.29, 1.82) is 0 Å². The molecule has 0 unspecified atom stereocenters. The molecule has 0 spiro atoms. The predicted octanol–water partition coefficient (Wildman–Crippen LogP) is 4.79. The standard InChI is InChI=1S/C15H8ClNO/c16-13-10-5-2-1-4-9(10)8-12-11-6-3-7-17-15(11)18-14(12)13/h1-8H. The molecule has 2 aromatic heterocycles. The lowest BCUT2D eigenvalue weighted by Crippen LogP contribution is -1.75. The molecule has 0 fully saturated rings. The van der Waals surface area contributed by atoms with Gasteiger partial charge in [0.2, 0.25) is 5.71 Å². The first-order valence-corrected chi connectivity index (χ1v) is 6.07. The van der Waals surface area contributed by atoms with Crippen LogP contribution in [0.5, 0.6) is 0 Å². The van der Waals surface area contributed by atoms with Crippen LogP contribution in [0.3, 0.4) is 0 Å². The molecule has 0 bridgehead atoms. The fraction of sp³-hybridized carbons (Fsp3) is 0. The van der Waals surface area contributed by atoms with E-state index in [2.05, 4.69) is 17.1 Å². The maximum Gasteiger partial charge on any atom is 0.227 e. The lowest BCUT2D eigenvalue weighted by atomic mass is 10.1. The van der Waals surface area contributed by atoms with Crippen LogP contribution < -0.4 is 0 Å². The van der Waals surface area contributed by atoms with E-state index in [0.717, 1.165) is 21.5 Å². The van der Waals surface area contributed by atoms with Crippen molar-refractivity contribution >= 4 is 44.4 Å². The van der Waals surface area contributed by atoms with Gasteiger partial charge in [0.1, 0.15) is 0 Å². The Morgan fingerprint density at radius 1 is 0.944 bits per heavy atom. The molecular formula is C15H8ClNO. The normalized spacial score (nSPS) is 11.6. The van der Waals surface area contributed by atoms with Gasteiger partial charge in [-0.1, -0.05) is 35.9 Å². The Morgan fingerprint density at radius 3 is 2.72 bits per heavy atom. The van der Waals surface area contributed by atoms with E-state index in [-0.39, 0.29) is 0 Å². The molecule has 0 atom stereocenters. The van der Waals surface area contributed by atoms with Crippen molar-refractivity contribution in [2.75, 3.05) is 0 Å². The maximum atomic E-state index is 6.42. The zero-order valence-electron chi connectivity index (χ0n) is 9.35. The quantitative estimate of drug-likeness (QED) is 0.450. The van der Waals surface area contributed by atoms with Crippen LogP contribution in [-0.4, -0.2) is 4.98 Å². The topological polar surface area (TPSA) is 26.0 Å². The smallest absolute Gasteiger partial charge is 0.227 e. The van der Waals surface area contributed by atoms with Crippen molar-refractivity contribution in [3.8, 4) is 0 Å². The van der Waals surface area contributed by atoms with Crippen molar-refractivity contribution in [2.24, 2.45) is 0 Å². The van der Waals surface area contributed by atoms with Gasteiger partial charge in [-0.05, 0) is 23.6 Å². The number of rotatable bonds is 0. The second-order valence-electron chi connectivity index (χ2n) is 4.25. The third-order valence-corrected chi connectivity index (χ3v) is 3.58. The number of fused-ring (bicyclic) bond motifs is 4. The molecule has 4 aromatic rings. The van der Waals surface area contributed by atoms with Gasteiger partial charge < -0.3 is 4.42 Å². The molecule has 3 heteroatoms. The molecule has 86 valence electrons. The highest BCUT2D eigenvalue weighted by Crippen LogP contribution is 2.37. The van der Waals surface area contributed by atoms with Crippen LogP contribution in [0.25, 0.3) is 32.8 Å². The molecule has 2 nitrogen and oxygen atoms in total. The zero-order chi connectivity index (χ0) is 12.1. The SMILES string of the molecule is Clc1c2ccccc2cc2c1oc1ncccc12. The van der Waals surface area contributed by atoms with E-state index in [1.807, 2.05) is 30.3 Å². The summed E-state index contributed by atoms with van der Waals surface area (Å²) in [6.07, 6.45) is 1.72. The fourth-order valence-electron chi connectivity index (χ4n) is 2.36. The Labute approximate surface area is 108 Å². The summed E-state index contributed by atoms with van der Waals surface area (Å²) in [5.74, 6) is 0. The second-order valence-corrected chi connectivity index (χ2v) is 4.62. The Morgan fingerprint density at radius 2 is 1.78 bits per heavy atom. The second kappa shape index (κ2) is 3.47. The first-order valence-electron chi connectivity index (χ1n) is 5.69. The number of hydrogen-bond acceptors (Lipinski definition) is 2. The summed E-state index contributed by atoms with van der Waals surface area (Å²) in [6.45, 7) is 0. The highest BCUT2D eigenvalue weighted by molar-refractivity contribution is 6.41. The molecule has 4 rings (SSSR count). The Kier molecular flexibility index (Phi) is 1.91. The highest BCUT2D eigenvalue weighted by atomic mass is 35.5. The number of benzene rings is 2. The third-order valence-electron chi connectivity index (χ3n) is 3.20. The third kappa shape index (κ3) is 1.21. The van der Waals surface area contributed by atoms with Gasteiger partial charge in [-0.2, -0.15) is 0 Å². The molecule has 18 heavy (non-hydrogen) atoms. The lowest BCUT2D eigenvalue weighted by Gasteiger charge is -2.00. The van der Waals surface area contributed by atoms with Crippen LogP contribution in [-0.2, 0) is 0 Å². The summed E-state index contributed by atoms with van der Waals surface area (Å²) in [5.41, 5.74) is 1.34. The van der Waals surface area contributed by atoms with E-state index >= 15 is 0 Å². The van der Waals surface area contributed by atoms with Gasteiger partial charge in [0.05, 0.1) is 5.02 Å². The van der Waals surface area contributed by atoms with E-state index in [4.69, 9.17) is 16.0 Å². The first kappa shape index (κ1) is 9.92. The molecule has 0 amide bonds. The zero-order valence-corrected chi connectivity index (χ0v) is 10.1. The van der Waals surface area contributed by atoms with Crippen LogP contribution in [0.15, 0.2) is 53.1 Å². The first-order chi connectivity index (χ1) is 8.84. The Bertz CT molecular complexity index is 895. The molecular weight excluding hydrogens is 246 g/mol. The molecule has 0 N–H and O–H groups in total. The summed E-state index contributed by atoms with van der Waals surface area (Å²) in [5, 5.41) is 4.79. The number of hydrogen-bond donors (Lipinski definition) is 0. The number of furan rings is 1. The van der Waals surface area contributed by atoms with Crippen molar-refractivity contribution in [3.05, 3.63) is 53.7 Å². The molecule has 0 aliphatic heterocycles. The van der Waals surface area contributed by atoms with Gasteiger partial charge >= 0.3 is 0 Å². The van der Waals surface area contributed by atoms with Crippen LogP contribution in [0.1, 0.15) is 0 Å². The number of pyridine rings is 1. The van der Waals surface area contributed by atoms with E-state index in [9.17, 15) is 0 Å². The van der Waals surface area contributed by atoms with Crippen LogP contribution >= 0.6 is 11.6 Å². The van der Waals surface area contributed by atoms with Crippen LogP contribution in [0, 0.1) is 0 Å². The summed E-state index contributed by atoms with van der Waals surface area (Å²) in [4.78, 5) is 4.22. The Balaban J connectivity index is 2.33. The van der Waals surface area contributed by atoms with Crippen LogP contribution in [0.4, 0.5) is 0 Å². The summed E-state index contributed by atoms with van der Waals surface area (Å²) in [6, 6.07) is 14.0. The molecule has 0 aliphatic rings. The monoisotopic (exact) mass is 253 g/mol. The minimum atomic E-state index is 0.629. The Hall–Kier alpha value is -2.06. The van der Waals surface area contributed by atoms with Crippen molar-refractivity contribution in [2.45, 2.75) is 0 Å². The van der Waals surface area contributed by atoms with Gasteiger partial charge in [0.25, 0.3) is 0 Å². The van der Waals surface area contributed by atoms with Crippen molar-refractivity contribution in [1.82, 2.24) is 4.98 Å². The van der Waals surface area contributed by atoms with E-state index < -0.39 is 0 Å². The molecule has 0 radical (unpaired) electrons. The highest BCUT2D eigenvalue weighted by Gasteiger charge is 2.13. The van der Waals surface area contributed by atoms with Crippen molar-refractivity contribution < 1.29 is 4.42 Å². The van der Waals surface area contributed by atoms with E-state index in [0.29, 0.717) is 16.3 Å². The molecule has 0 saturated carbocycles. The largest absolute Gasteiger partial charge is 0.436 e. The van der Waals surface area contributed by atoms with E-state index in [1.165, 1.54) is 0 Å². The van der Waals surface area contributed by atoms with Gasteiger partial charge in [0, 0.05) is 22.4 Å². The van der Waals surface area contributed by atoms with Crippen molar-refractivity contribution in [3.63, 3.8) is 0 Å². The molecule has 2 heterocycles. The predicted molar refractivity (Wildman–Crippen MR) is 74.0 cm³/mol. The minimum absolute atomic E-state index is 0.629.